The van der Waals surface area contributed by atoms with Crippen molar-refractivity contribution < 1.29 is 4.79 Å². The van der Waals surface area contributed by atoms with Gasteiger partial charge in [0.25, 0.3) is 0 Å². The van der Waals surface area contributed by atoms with Crippen molar-refractivity contribution in [3.63, 3.8) is 0 Å². The molecule has 1 atom stereocenters. The molecular weight excluding hydrogens is 304 g/mol. The second-order valence-corrected chi connectivity index (χ2v) is 6.22. The number of aryl methyl sites for hydroxylation is 1. The molecule has 7 nitrogen and oxygen atoms in total. The molecule has 2 heterocycles. The van der Waals surface area contributed by atoms with Gasteiger partial charge >= 0.3 is 0 Å². The summed E-state index contributed by atoms with van der Waals surface area (Å²) in [6.45, 7) is 4.25. The number of benzene rings is 1. The second-order valence-electron chi connectivity index (χ2n) is 6.22. The van der Waals surface area contributed by atoms with Gasteiger partial charge in [0, 0.05) is 18.8 Å². The molecule has 0 radical (unpaired) electrons. The van der Waals surface area contributed by atoms with Crippen LogP contribution in [0.2, 0.25) is 0 Å². The lowest BCUT2D eigenvalue weighted by molar-refractivity contribution is -0.125. The fourth-order valence-corrected chi connectivity index (χ4v) is 3.18. The molecule has 0 aliphatic carbocycles. The lowest BCUT2D eigenvalue weighted by Gasteiger charge is -2.36. The van der Waals surface area contributed by atoms with Crippen LogP contribution in [0.25, 0.3) is 0 Å². The molecule has 0 bridgehead atoms. The van der Waals surface area contributed by atoms with Crippen LogP contribution in [0.1, 0.15) is 32.0 Å². The minimum atomic E-state index is -0.134. The summed E-state index contributed by atoms with van der Waals surface area (Å²) in [6, 6.07) is 9.74. The number of hydrogen-bond donors (Lipinski definition) is 0. The molecule has 1 saturated heterocycles. The van der Waals surface area contributed by atoms with Gasteiger partial charge in [0.2, 0.25) is 5.91 Å². The van der Waals surface area contributed by atoms with Crippen LogP contribution in [0.5, 0.6) is 0 Å². The Balaban J connectivity index is 1.71. The first-order valence-electron chi connectivity index (χ1n) is 8.52. The summed E-state index contributed by atoms with van der Waals surface area (Å²) in [5.74, 6) is 0.966. The summed E-state index contributed by atoms with van der Waals surface area (Å²) in [5.41, 5.74) is 0.969. The van der Waals surface area contributed by atoms with E-state index < -0.39 is 0 Å². The summed E-state index contributed by atoms with van der Waals surface area (Å²) in [4.78, 5) is 16.9. The van der Waals surface area contributed by atoms with Gasteiger partial charge in [-0.3, -0.25) is 9.69 Å². The minimum Gasteiger partial charge on any atom is -0.311 e. The van der Waals surface area contributed by atoms with E-state index >= 15 is 0 Å². The van der Waals surface area contributed by atoms with E-state index in [0.29, 0.717) is 6.54 Å². The van der Waals surface area contributed by atoms with Gasteiger partial charge in [-0.15, -0.1) is 5.10 Å². The van der Waals surface area contributed by atoms with Crippen LogP contribution in [-0.2, 0) is 17.9 Å². The fourth-order valence-electron chi connectivity index (χ4n) is 3.18. The molecule has 0 spiro atoms. The molecule has 0 unspecified atom stereocenters. The second kappa shape index (κ2) is 7.53. The number of hydrogen-bond acceptors (Lipinski definition) is 5. The van der Waals surface area contributed by atoms with E-state index in [2.05, 4.69) is 27.3 Å². The summed E-state index contributed by atoms with van der Waals surface area (Å²) >= 11 is 0. The van der Waals surface area contributed by atoms with Crippen LogP contribution in [0.3, 0.4) is 0 Å². The van der Waals surface area contributed by atoms with Gasteiger partial charge in [-0.2, -0.15) is 0 Å². The Bertz CT molecular complexity index is 671. The molecule has 1 amide bonds. The van der Waals surface area contributed by atoms with Crippen LogP contribution >= 0.6 is 0 Å². The van der Waals surface area contributed by atoms with E-state index in [4.69, 9.17) is 0 Å². The third kappa shape index (κ3) is 3.46. The quantitative estimate of drug-likeness (QED) is 0.807. The average Bonchev–Trinajstić information content (AvgIpc) is 3.03. The third-order valence-corrected chi connectivity index (χ3v) is 4.44. The number of carbonyl (C=O) groups excluding carboxylic acids is 1. The first kappa shape index (κ1) is 16.6. The number of rotatable bonds is 6. The van der Waals surface area contributed by atoms with Gasteiger partial charge in [0.15, 0.2) is 5.82 Å². The maximum atomic E-state index is 12.9. The van der Waals surface area contributed by atoms with Crippen LogP contribution in [0, 0.1) is 0 Å². The maximum absolute atomic E-state index is 12.9. The lowest BCUT2D eigenvalue weighted by Crippen LogP contribution is -2.51. The molecule has 1 aromatic heterocycles. The number of tetrazole rings is 1. The molecule has 1 aliphatic heterocycles. The van der Waals surface area contributed by atoms with Gasteiger partial charge in [-0.1, -0.05) is 25.1 Å². The van der Waals surface area contributed by atoms with Gasteiger partial charge < -0.3 is 4.90 Å². The zero-order valence-corrected chi connectivity index (χ0v) is 14.3. The smallest absolute Gasteiger partial charge is 0.244 e. The Labute approximate surface area is 142 Å². The van der Waals surface area contributed by atoms with Crippen molar-refractivity contribution in [2.75, 3.05) is 18.5 Å². The number of para-hydroxylation sites is 1. The Morgan fingerprint density at radius 3 is 2.83 bits per heavy atom. The van der Waals surface area contributed by atoms with E-state index in [9.17, 15) is 4.79 Å². The highest BCUT2D eigenvalue weighted by molar-refractivity contribution is 5.97. The van der Waals surface area contributed by atoms with E-state index in [1.807, 2.05) is 47.0 Å². The molecule has 0 saturated carbocycles. The summed E-state index contributed by atoms with van der Waals surface area (Å²) in [7, 11) is 1.97. The monoisotopic (exact) mass is 328 g/mol. The summed E-state index contributed by atoms with van der Waals surface area (Å²) < 4.78 is 1.82. The van der Waals surface area contributed by atoms with E-state index in [0.717, 1.165) is 43.9 Å². The maximum Gasteiger partial charge on any atom is 0.244 e. The van der Waals surface area contributed by atoms with Crippen molar-refractivity contribution in [2.45, 2.75) is 45.3 Å². The predicted octanol–water partition coefficient (Wildman–Crippen LogP) is 1.71. The number of likely N-dealkylation sites (N-methyl/N-ethyl adjacent to an activating group) is 1. The Hall–Kier alpha value is -2.28. The van der Waals surface area contributed by atoms with Gasteiger partial charge in [-0.25, -0.2) is 4.68 Å². The van der Waals surface area contributed by atoms with Crippen molar-refractivity contribution in [3.8, 4) is 0 Å². The molecule has 1 aromatic carbocycles. The molecule has 1 aliphatic rings. The minimum absolute atomic E-state index is 0.134. The topological polar surface area (TPSA) is 67.2 Å². The van der Waals surface area contributed by atoms with Crippen LogP contribution < -0.4 is 4.90 Å². The Kier molecular flexibility index (Phi) is 5.20. The fraction of sp³-hybridized carbons (Fsp3) is 0.529. The average molecular weight is 328 g/mol. The van der Waals surface area contributed by atoms with Crippen molar-refractivity contribution >= 4 is 11.6 Å². The number of nitrogens with zero attached hydrogens (tertiary/aromatic N) is 6. The molecule has 3 rings (SSSR count). The Morgan fingerprint density at radius 1 is 1.29 bits per heavy atom. The molecule has 7 heteroatoms. The van der Waals surface area contributed by atoms with Gasteiger partial charge in [-0.05, 0) is 48.9 Å². The number of anilines is 1. The van der Waals surface area contributed by atoms with E-state index in [-0.39, 0.29) is 11.9 Å². The first-order valence-corrected chi connectivity index (χ1v) is 8.52. The van der Waals surface area contributed by atoms with Crippen molar-refractivity contribution in [1.29, 1.82) is 0 Å². The van der Waals surface area contributed by atoms with E-state index in [1.54, 1.807) is 0 Å². The number of aromatic nitrogens is 4. The van der Waals surface area contributed by atoms with E-state index in [1.165, 1.54) is 0 Å². The highest BCUT2D eigenvalue weighted by atomic mass is 16.2. The van der Waals surface area contributed by atoms with Crippen LogP contribution in [0.4, 0.5) is 5.69 Å². The summed E-state index contributed by atoms with van der Waals surface area (Å²) in [6.07, 6.45) is 2.84. The predicted molar refractivity (Wildman–Crippen MR) is 91.4 cm³/mol. The SMILES string of the molecule is CCCn1nnnc1CN(C)[C@@H]1CCCN(c2ccccc2)C1=O. The van der Waals surface area contributed by atoms with Crippen molar-refractivity contribution in [1.82, 2.24) is 25.1 Å². The molecule has 128 valence electrons. The Morgan fingerprint density at radius 2 is 2.08 bits per heavy atom. The van der Waals surface area contributed by atoms with Crippen LogP contribution in [0.15, 0.2) is 30.3 Å². The number of piperidine rings is 1. The number of carbonyl (C=O) groups is 1. The first-order chi connectivity index (χ1) is 11.7. The largest absolute Gasteiger partial charge is 0.311 e. The van der Waals surface area contributed by atoms with Crippen molar-refractivity contribution in [2.24, 2.45) is 0 Å². The molecule has 1 fully saturated rings. The number of amides is 1. The van der Waals surface area contributed by atoms with Crippen molar-refractivity contribution in [3.05, 3.63) is 36.2 Å². The molecule has 0 N–H and O–H groups in total. The normalized spacial score (nSPS) is 18.4. The summed E-state index contributed by atoms with van der Waals surface area (Å²) in [5, 5.41) is 11.9. The molecule has 2 aromatic rings. The van der Waals surface area contributed by atoms with Crippen LogP contribution in [-0.4, -0.2) is 50.6 Å². The molecule has 24 heavy (non-hydrogen) atoms. The standard InChI is InChI=1S/C17H24N6O/c1-3-11-23-16(18-19-20-23)13-21(2)15-10-7-12-22(17(15)24)14-8-5-4-6-9-14/h4-6,8-9,15H,3,7,10-13H2,1-2H3/t15-/m1/s1. The van der Waals surface area contributed by atoms with Gasteiger partial charge in [0.1, 0.15) is 0 Å². The zero-order chi connectivity index (χ0) is 16.9. The molecular formula is C17H24N6O. The lowest BCUT2D eigenvalue weighted by atomic mass is 10.0. The van der Waals surface area contributed by atoms with Gasteiger partial charge in [0.05, 0.1) is 12.6 Å². The zero-order valence-electron chi connectivity index (χ0n) is 14.3. The third-order valence-electron chi connectivity index (χ3n) is 4.44. The highest BCUT2D eigenvalue weighted by Gasteiger charge is 2.32. The highest BCUT2D eigenvalue weighted by Crippen LogP contribution is 2.23.